The van der Waals surface area contributed by atoms with Gasteiger partial charge in [-0.05, 0) is 31.3 Å². The molecule has 8 heteroatoms. The van der Waals surface area contributed by atoms with E-state index in [1.54, 1.807) is 17.9 Å². The van der Waals surface area contributed by atoms with Crippen LogP contribution >= 0.6 is 0 Å². The summed E-state index contributed by atoms with van der Waals surface area (Å²) < 4.78 is 28.1. The molecule has 0 bridgehead atoms. The maximum Gasteiger partial charge on any atom is 0.341 e. The first kappa shape index (κ1) is 18.2. The molecular weight excluding hydrogens is 356 g/mol. The molecule has 1 saturated carbocycles. The zero-order chi connectivity index (χ0) is 19.5. The van der Waals surface area contributed by atoms with Crippen molar-refractivity contribution in [3.8, 4) is 0 Å². The summed E-state index contributed by atoms with van der Waals surface area (Å²) in [7, 11) is 0. The Hall–Kier alpha value is -2.22. The third-order valence-electron chi connectivity index (χ3n) is 6.19. The van der Waals surface area contributed by atoms with E-state index >= 15 is 0 Å². The van der Waals surface area contributed by atoms with E-state index in [4.69, 9.17) is 5.73 Å². The summed E-state index contributed by atoms with van der Waals surface area (Å²) in [4.78, 5) is 27.1. The van der Waals surface area contributed by atoms with Crippen LogP contribution in [-0.2, 0) is 9.59 Å². The molecule has 0 spiro atoms. The van der Waals surface area contributed by atoms with Crippen molar-refractivity contribution in [3.63, 3.8) is 0 Å². The summed E-state index contributed by atoms with van der Waals surface area (Å²) in [6.07, 6.45) is 4.57. The van der Waals surface area contributed by atoms with Gasteiger partial charge in [0.15, 0.2) is 5.83 Å². The van der Waals surface area contributed by atoms with Crippen LogP contribution < -0.4 is 5.73 Å². The number of amides is 1. The second kappa shape index (κ2) is 6.44. The van der Waals surface area contributed by atoms with Crippen molar-refractivity contribution in [1.82, 2.24) is 9.80 Å². The number of halogens is 2. The quantitative estimate of drug-likeness (QED) is 0.724. The number of carbonyl (C=O) groups is 2. The van der Waals surface area contributed by atoms with Crippen LogP contribution in [-0.4, -0.2) is 58.6 Å². The molecule has 1 amide bonds. The Bertz CT molecular complexity index is 787. The topological polar surface area (TPSA) is 86.9 Å². The second-order valence-corrected chi connectivity index (χ2v) is 7.95. The normalized spacial score (nSPS) is 33.9. The Labute approximate surface area is 156 Å². The lowest BCUT2D eigenvalue weighted by molar-refractivity contribution is -0.138. The molecular formula is C19H23F2N3O3. The van der Waals surface area contributed by atoms with Crippen molar-refractivity contribution in [3.05, 3.63) is 34.9 Å². The van der Waals surface area contributed by atoms with E-state index in [-0.39, 0.29) is 29.4 Å². The van der Waals surface area contributed by atoms with E-state index < -0.39 is 30.4 Å². The lowest BCUT2D eigenvalue weighted by atomic mass is 9.81. The molecule has 1 saturated heterocycles. The van der Waals surface area contributed by atoms with E-state index in [9.17, 15) is 23.5 Å². The Balaban J connectivity index is 1.75. The number of carbonyl (C=O) groups excluding carboxylic acids is 1. The fourth-order valence-electron chi connectivity index (χ4n) is 4.63. The zero-order valence-corrected chi connectivity index (χ0v) is 15.1. The molecule has 2 fully saturated rings. The SMILES string of the molecule is CC1=C(N2C[C@H](CF)[C@@H](N)C2)C(F)=CN2C(=O)C(C(=O)O)=CC(C3CC3)C12. The molecule has 6 nitrogen and oxygen atoms in total. The van der Waals surface area contributed by atoms with E-state index in [1.165, 1.54) is 4.90 Å². The third-order valence-corrected chi connectivity index (χ3v) is 6.19. The van der Waals surface area contributed by atoms with Gasteiger partial charge in [0, 0.05) is 37.2 Å². The van der Waals surface area contributed by atoms with E-state index in [1.807, 2.05) is 0 Å². The molecule has 146 valence electrons. The minimum Gasteiger partial charge on any atom is -0.478 e. The molecule has 3 heterocycles. The molecule has 4 rings (SSSR count). The predicted molar refractivity (Wildman–Crippen MR) is 93.5 cm³/mol. The maximum absolute atomic E-state index is 15.0. The number of carboxylic acid groups (broad SMARTS) is 1. The van der Waals surface area contributed by atoms with Gasteiger partial charge in [-0.15, -0.1) is 0 Å². The highest BCUT2D eigenvalue weighted by atomic mass is 19.1. The number of carboxylic acids is 1. The van der Waals surface area contributed by atoms with Gasteiger partial charge in [0.2, 0.25) is 0 Å². The van der Waals surface area contributed by atoms with Gasteiger partial charge >= 0.3 is 5.97 Å². The van der Waals surface area contributed by atoms with Gasteiger partial charge in [-0.3, -0.25) is 9.18 Å². The van der Waals surface area contributed by atoms with E-state index in [0.29, 0.717) is 24.4 Å². The highest BCUT2D eigenvalue weighted by Gasteiger charge is 2.48. The van der Waals surface area contributed by atoms with Crippen LogP contribution in [0.4, 0.5) is 8.78 Å². The van der Waals surface area contributed by atoms with Gasteiger partial charge in [-0.2, -0.15) is 0 Å². The first-order valence-electron chi connectivity index (χ1n) is 9.26. The smallest absolute Gasteiger partial charge is 0.341 e. The Morgan fingerprint density at radius 3 is 2.63 bits per heavy atom. The summed E-state index contributed by atoms with van der Waals surface area (Å²) in [6.45, 7) is 1.90. The van der Waals surface area contributed by atoms with Crippen molar-refractivity contribution in [2.24, 2.45) is 23.5 Å². The lowest BCUT2D eigenvalue weighted by Crippen LogP contribution is -2.50. The van der Waals surface area contributed by atoms with Crippen LogP contribution in [0.1, 0.15) is 19.8 Å². The minimum absolute atomic E-state index is 0.165. The standard InChI is InChI=1S/C19H23F2N3O3/c1-9-16-12(10-2-3-10)4-13(19(26)27)18(25)24(16)7-14(21)17(9)23-6-11(5-20)15(22)8-23/h4,7,10-12,15-16H,2-3,5-6,8,22H2,1H3,(H,26,27)/t11-,12?,15-,16?/m0/s1. The number of aliphatic carboxylic acids is 1. The van der Waals surface area contributed by atoms with Crippen LogP contribution in [0.2, 0.25) is 0 Å². The first-order chi connectivity index (χ1) is 12.8. The fourth-order valence-corrected chi connectivity index (χ4v) is 4.63. The number of nitrogens with zero attached hydrogens (tertiary/aromatic N) is 2. The van der Waals surface area contributed by atoms with Crippen LogP contribution in [0.25, 0.3) is 0 Å². The molecule has 1 aliphatic carbocycles. The van der Waals surface area contributed by atoms with E-state index in [0.717, 1.165) is 19.0 Å². The average Bonchev–Trinajstić information content (AvgIpc) is 3.38. The molecule has 4 aliphatic rings. The lowest BCUT2D eigenvalue weighted by Gasteiger charge is -2.43. The van der Waals surface area contributed by atoms with Crippen molar-refractivity contribution in [2.75, 3.05) is 19.8 Å². The third kappa shape index (κ3) is 2.86. The van der Waals surface area contributed by atoms with Crippen LogP contribution in [0.3, 0.4) is 0 Å². The number of likely N-dealkylation sites (tertiary alicyclic amines) is 1. The van der Waals surface area contributed by atoms with Crippen LogP contribution in [0, 0.1) is 17.8 Å². The number of hydrogen-bond acceptors (Lipinski definition) is 4. The number of alkyl halides is 1. The molecule has 3 N–H and O–H groups in total. The van der Waals surface area contributed by atoms with E-state index in [2.05, 4.69) is 0 Å². The van der Waals surface area contributed by atoms with Crippen molar-refractivity contribution in [2.45, 2.75) is 31.8 Å². The Kier molecular flexibility index (Phi) is 4.33. The molecule has 0 aromatic heterocycles. The highest BCUT2D eigenvalue weighted by Crippen LogP contribution is 2.47. The van der Waals surface area contributed by atoms with Crippen LogP contribution in [0.15, 0.2) is 34.9 Å². The van der Waals surface area contributed by atoms with Gasteiger partial charge in [0.25, 0.3) is 5.91 Å². The summed E-state index contributed by atoms with van der Waals surface area (Å²) in [5.41, 5.74) is 6.72. The number of fused-ring (bicyclic) bond motifs is 1. The Morgan fingerprint density at radius 2 is 2.07 bits per heavy atom. The number of hydrogen-bond donors (Lipinski definition) is 2. The fraction of sp³-hybridized carbons (Fsp3) is 0.579. The zero-order valence-electron chi connectivity index (χ0n) is 15.1. The monoisotopic (exact) mass is 379 g/mol. The second-order valence-electron chi connectivity index (χ2n) is 7.95. The molecule has 0 aromatic rings. The molecule has 4 atom stereocenters. The average molecular weight is 379 g/mol. The van der Waals surface area contributed by atoms with Gasteiger partial charge in [-0.1, -0.05) is 6.08 Å². The van der Waals surface area contributed by atoms with Gasteiger partial charge in [0.1, 0.15) is 5.57 Å². The molecule has 0 radical (unpaired) electrons. The largest absolute Gasteiger partial charge is 0.478 e. The molecule has 3 aliphatic heterocycles. The summed E-state index contributed by atoms with van der Waals surface area (Å²) in [5, 5.41) is 9.36. The molecule has 27 heavy (non-hydrogen) atoms. The van der Waals surface area contributed by atoms with Gasteiger partial charge in [-0.25, -0.2) is 9.18 Å². The van der Waals surface area contributed by atoms with Crippen molar-refractivity contribution < 1.29 is 23.5 Å². The van der Waals surface area contributed by atoms with Crippen molar-refractivity contribution >= 4 is 11.9 Å². The van der Waals surface area contributed by atoms with Crippen molar-refractivity contribution in [1.29, 1.82) is 0 Å². The summed E-state index contributed by atoms with van der Waals surface area (Å²) in [5.74, 6) is -2.82. The first-order valence-corrected chi connectivity index (χ1v) is 9.26. The minimum atomic E-state index is -1.29. The molecule has 0 aromatic carbocycles. The number of rotatable bonds is 4. The summed E-state index contributed by atoms with van der Waals surface area (Å²) in [6, 6.07) is -0.782. The number of nitrogens with two attached hydrogens (primary N) is 1. The van der Waals surface area contributed by atoms with Gasteiger partial charge < -0.3 is 20.6 Å². The molecule has 2 unspecified atom stereocenters. The Morgan fingerprint density at radius 1 is 1.37 bits per heavy atom. The van der Waals surface area contributed by atoms with Crippen LogP contribution in [0.5, 0.6) is 0 Å². The number of allylic oxidation sites excluding steroid dienone is 1. The van der Waals surface area contributed by atoms with Gasteiger partial charge in [0.05, 0.1) is 18.4 Å². The summed E-state index contributed by atoms with van der Waals surface area (Å²) >= 11 is 0. The predicted octanol–water partition coefficient (Wildman–Crippen LogP) is 1.56. The maximum atomic E-state index is 15.0. The highest BCUT2D eigenvalue weighted by molar-refractivity contribution is 6.16.